The maximum absolute atomic E-state index is 13.6. The number of hydrogen-bond donors (Lipinski definition) is 2. The van der Waals surface area contributed by atoms with Crippen LogP contribution in [-0.4, -0.2) is 80.0 Å². The molecular formula is C40H43F3N4O7SSi. The second-order valence-corrected chi connectivity index (χ2v) is 18.9. The lowest BCUT2D eigenvalue weighted by Gasteiger charge is -2.43. The minimum absolute atomic E-state index is 0.0175. The first kappa shape index (κ1) is 42.2. The van der Waals surface area contributed by atoms with Crippen molar-refractivity contribution in [3.63, 3.8) is 0 Å². The highest BCUT2D eigenvalue weighted by molar-refractivity contribution is 7.98. The van der Waals surface area contributed by atoms with Gasteiger partial charge in [0.25, 0.3) is 14.2 Å². The SMILES string of the molecule is CSCOC1C[C@H](n2cc(C#CCNC(=O)C(F)(F)F)c(NC(=O)COc3ccccc3)nc2=O)O[C@@H]1CO[Si](c1ccccc1)(c1ccccc1)C(C)(C)C. The van der Waals surface area contributed by atoms with Crippen molar-refractivity contribution >= 4 is 48.1 Å². The number of ether oxygens (including phenoxy) is 3. The van der Waals surface area contributed by atoms with Crippen LogP contribution in [0.25, 0.3) is 0 Å². The van der Waals surface area contributed by atoms with Gasteiger partial charge in [-0.25, -0.2) is 4.79 Å². The van der Waals surface area contributed by atoms with Crippen LogP contribution < -0.4 is 31.4 Å². The second-order valence-electron chi connectivity index (χ2n) is 13.8. The third kappa shape index (κ3) is 10.5. The molecule has 2 heterocycles. The first-order chi connectivity index (χ1) is 26.7. The van der Waals surface area contributed by atoms with Crippen LogP contribution in [0.1, 0.15) is 39.0 Å². The molecule has 0 spiro atoms. The highest BCUT2D eigenvalue weighted by Gasteiger charge is 2.51. The zero-order valence-corrected chi connectivity index (χ0v) is 33.1. The number of aromatic nitrogens is 2. The molecule has 2 amide bonds. The van der Waals surface area contributed by atoms with Crippen LogP contribution in [0.2, 0.25) is 5.04 Å². The molecule has 2 N–H and O–H groups in total. The predicted molar refractivity (Wildman–Crippen MR) is 210 cm³/mol. The molecule has 1 aromatic heterocycles. The van der Waals surface area contributed by atoms with Gasteiger partial charge in [0.1, 0.15) is 18.1 Å². The van der Waals surface area contributed by atoms with E-state index in [9.17, 15) is 27.6 Å². The Bertz CT molecular complexity index is 2020. The van der Waals surface area contributed by atoms with Crippen LogP contribution >= 0.6 is 11.8 Å². The van der Waals surface area contributed by atoms with Crippen molar-refractivity contribution in [2.24, 2.45) is 0 Å². The van der Waals surface area contributed by atoms with Gasteiger partial charge in [-0.1, -0.05) is 111 Å². The Morgan fingerprint density at radius 2 is 1.59 bits per heavy atom. The van der Waals surface area contributed by atoms with Gasteiger partial charge in [-0.3, -0.25) is 14.2 Å². The molecule has 16 heteroatoms. The Hall–Kier alpha value is -4.92. The van der Waals surface area contributed by atoms with E-state index < -0.39 is 63.6 Å². The van der Waals surface area contributed by atoms with Crippen molar-refractivity contribution in [3.05, 3.63) is 113 Å². The molecule has 1 saturated heterocycles. The molecule has 3 aromatic carbocycles. The third-order valence-corrected chi connectivity index (χ3v) is 14.3. The van der Waals surface area contributed by atoms with E-state index in [1.807, 2.05) is 42.7 Å². The number of hydrogen-bond acceptors (Lipinski definition) is 9. The van der Waals surface area contributed by atoms with E-state index in [0.717, 1.165) is 10.4 Å². The standard InChI is InChI=1S/C40H43F3N4O7SSi/c1-39(2,3)56(30-18-10-6-11-19-30,31-20-12-7-13-21-31)53-25-33-32(52-27-55-4)23-35(54-33)47-24-28(15-14-22-44-37(49)40(41,42)43)36(46-38(47)50)45-34(48)26-51-29-16-8-5-9-17-29/h5-13,16-21,24,32-33,35H,22-23,25-27H2,1-4H3,(H,44,49)(H,45,46,48,50)/t32?,33-,35-/m1/s1. The van der Waals surface area contributed by atoms with Gasteiger partial charge in [0.05, 0.1) is 30.8 Å². The molecule has 1 fully saturated rings. The van der Waals surface area contributed by atoms with Gasteiger partial charge in [-0.2, -0.15) is 18.2 Å². The molecule has 0 aliphatic carbocycles. The number of benzene rings is 3. The number of alkyl halides is 3. The maximum atomic E-state index is 13.6. The fourth-order valence-electron chi connectivity index (χ4n) is 6.38. The molecule has 3 atom stereocenters. The zero-order valence-electron chi connectivity index (χ0n) is 31.3. The lowest BCUT2D eigenvalue weighted by atomic mass is 10.2. The summed E-state index contributed by atoms with van der Waals surface area (Å²) < 4.78 is 64.9. The maximum Gasteiger partial charge on any atom is 0.471 e. The van der Waals surface area contributed by atoms with Crippen molar-refractivity contribution in [1.82, 2.24) is 14.9 Å². The van der Waals surface area contributed by atoms with Crippen LogP contribution in [-0.2, 0) is 23.5 Å². The lowest BCUT2D eigenvalue weighted by Crippen LogP contribution is -2.67. The van der Waals surface area contributed by atoms with Crippen LogP contribution in [0.15, 0.2) is 102 Å². The Morgan fingerprint density at radius 3 is 2.16 bits per heavy atom. The molecule has 1 aliphatic rings. The summed E-state index contributed by atoms with van der Waals surface area (Å²) in [7, 11) is -2.98. The highest BCUT2D eigenvalue weighted by Crippen LogP contribution is 2.38. The summed E-state index contributed by atoms with van der Waals surface area (Å²) in [6.07, 6.45) is -3.70. The molecular weight excluding hydrogens is 766 g/mol. The molecule has 5 rings (SSSR count). The van der Waals surface area contributed by atoms with Gasteiger partial charge in [0.15, 0.2) is 12.4 Å². The summed E-state index contributed by atoms with van der Waals surface area (Å²) in [5.74, 6) is 2.76. The van der Waals surface area contributed by atoms with Crippen molar-refractivity contribution in [1.29, 1.82) is 0 Å². The zero-order chi connectivity index (χ0) is 40.3. The summed E-state index contributed by atoms with van der Waals surface area (Å²) in [6.45, 7) is 5.51. The summed E-state index contributed by atoms with van der Waals surface area (Å²) in [5.41, 5.74) is -0.807. The largest absolute Gasteiger partial charge is 0.484 e. The van der Waals surface area contributed by atoms with E-state index in [2.05, 4.69) is 67.2 Å². The number of carbonyl (C=O) groups excluding carboxylic acids is 2. The number of nitrogens with one attached hydrogen (secondary N) is 2. The second kappa shape index (κ2) is 18.8. The first-order valence-electron chi connectivity index (χ1n) is 17.7. The van der Waals surface area contributed by atoms with E-state index >= 15 is 0 Å². The van der Waals surface area contributed by atoms with Gasteiger partial charge < -0.3 is 29.3 Å². The summed E-state index contributed by atoms with van der Waals surface area (Å²) in [4.78, 5) is 41.9. The number of thioether (sulfide) groups is 1. The van der Waals surface area contributed by atoms with Crippen molar-refractivity contribution < 1.29 is 41.4 Å². The van der Waals surface area contributed by atoms with Crippen LogP contribution in [0.3, 0.4) is 0 Å². The fourth-order valence-corrected chi connectivity index (χ4v) is 11.3. The number of rotatable bonds is 14. The molecule has 56 heavy (non-hydrogen) atoms. The summed E-state index contributed by atoms with van der Waals surface area (Å²) in [6, 6.07) is 28.8. The number of carbonyl (C=O) groups is 2. The van der Waals surface area contributed by atoms with Crippen LogP contribution in [0, 0.1) is 11.8 Å². The molecule has 296 valence electrons. The summed E-state index contributed by atoms with van der Waals surface area (Å²) in [5, 5.41) is 6.02. The highest BCUT2D eigenvalue weighted by atomic mass is 32.2. The minimum atomic E-state index is -5.10. The smallest absolute Gasteiger partial charge is 0.471 e. The molecule has 1 aliphatic heterocycles. The number of halogens is 3. The van der Waals surface area contributed by atoms with Crippen LogP contribution in [0.5, 0.6) is 5.75 Å². The van der Waals surface area contributed by atoms with Gasteiger partial charge in [0, 0.05) is 12.6 Å². The number of para-hydroxylation sites is 1. The number of anilines is 1. The molecule has 0 bridgehead atoms. The minimum Gasteiger partial charge on any atom is -0.484 e. The van der Waals surface area contributed by atoms with Gasteiger partial charge in [-0.15, -0.1) is 11.8 Å². The first-order valence-corrected chi connectivity index (χ1v) is 21.0. The Morgan fingerprint density at radius 1 is 0.982 bits per heavy atom. The lowest BCUT2D eigenvalue weighted by molar-refractivity contribution is -0.173. The van der Waals surface area contributed by atoms with E-state index in [1.165, 1.54) is 22.5 Å². The van der Waals surface area contributed by atoms with E-state index in [0.29, 0.717) is 11.7 Å². The number of amides is 2. The molecule has 4 aromatic rings. The Balaban J connectivity index is 1.44. The Labute approximate surface area is 328 Å². The molecule has 0 saturated carbocycles. The van der Waals surface area contributed by atoms with E-state index in [1.54, 1.807) is 35.6 Å². The molecule has 0 radical (unpaired) electrons. The predicted octanol–water partition coefficient (Wildman–Crippen LogP) is 4.86. The Kier molecular flexibility index (Phi) is 14.2. The molecule has 11 nitrogen and oxygen atoms in total. The van der Waals surface area contributed by atoms with Crippen molar-refractivity contribution in [2.75, 3.05) is 37.3 Å². The average molecular weight is 809 g/mol. The van der Waals surface area contributed by atoms with E-state index in [4.69, 9.17) is 18.6 Å². The van der Waals surface area contributed by atoms with Gasteiger partial charge >= 0.3 is 17.8 Å². The number of nitrogens with zero attached hydrogens (tertiary/aromatic N) is 2. The van der Waals surface area contributed by atoms with Crippen molar-refractivity contribution in [2.45, 2.75) is 56.8 Å². The van der Waals surface area contributed by atoms with Crippen molar-refractivity contribution in [3.8, 4) is 17.6 Å². The van der Waals surface area contributed by atoms with Gasteiger partial charge in [0.2, 0.25) is 0 Å². The third-order valence-electron chi connectivity index (χ3n) is 8.91. The normalized spacial score (nSPS) is 17.1. The quantitative estimate of drug-likeness (QED) is 0.104. The topological polar surface area (TPSA) is 130 Å². The average Bonchev–Trinajstić information content (AvgIpc) is 3.58. The van der Waals surface area contributed by atoms with E-state index in [-0.39, 0.29) is 29.4 Å². The monoisotopic (exact) mass is 808 g/mol. The molecule has 1 unspecified atom stereocenters. The fraction of sp³-hybridized carbons (Fsp3) is 0.350. The van der Waals surface area contributed by atoms with Crippen LogP contribution in [0.4, 0.5) is 19.0 Å². The van der Waals surface area contributed by atoms with Gasteiger partial charge in [-0.05, 0) is 33.8 Å². The summed E-state index contributed by atoms with van der Waals surface area (Å²) >= 11 is 1.48.